The number of rotatable bonds is 1. The molecule has 0 atom stereocenters. The van der Waals surface area contributed by atoms with E-state index in [0.717, 1.165) is 5.69 Å². The second-order valence-corrected chi connectivity index (χ2v) is 12.7. The quantitative estimate of drug-likeness (QED) is 0.209. The van der Waals surface area contributed by atoms with Gasteiger partial charge in [0.25, 0.3) is 0 Å². The molecular formula is C37H33NS. The first-order valence-corrected chi connectivity index (χ1v) is 14.9. The van der Waals surface area contributed by atoms with E-state index in [1.54, 1.807) is 0 Å². The fraction of sp³-hybridized carbons (Fsp3) is 0.216. The lowest BCUT2D eigenvalue weighted by Gasteiger charge is -2.30. The third-order valence-corrected chi connectivity index (χ3v) is 10.0. The Morgan fingerprint density at radius 1 is 0.564 bits per heavy atom. The lowest BCUT2D eigenvalue weighted by molar-refractivity contribution is 0.601. The van der Waals surface area contributed by atoms with Crippen LogP contribution in [0.2, 0.25) is 0 Å². The van der Waals surface area contributed by atoms with Crippen LogP contribution in [0.25, 0.3) is 53.7 Å². The molecule has 6 aromatic rings. The van der Waals surface area contributed by atoms with Gasteiger partial charge in [-0.05, 0) is 80.9 Å². The fourth-order valence-corrected chi connectivity index (χ4v) is 8.25. The summed E-state index contributed by atoms with van der Waals surface area (Å²) in [5, 5.41) is 2.75. The van der Waals surface area contributed by atoms with Crippen LogP contribution < -0.4 is 0 Å². The van der Waals surface area contributed by atoms with Crippen LogP contribution in [0.15, 0.2) is 91.1 Å². The van der Waals surface area contributed by atoms with E-state index in [1.807, 2.05) is 37.4 Å². The summed E-state index contributed by atoms with van der Waals surface area (Å²) in [6.45, 7) is 13.7. The minimum absolute atomic E-state index is 0.0660. The Kier molecular flexibility index (Phi) is 5.22. The Balaban J connectivity index is 0.00000124. The van der Waals surface area contributed by atoms with Gasteiger partial charge in [-0.15, -0.1) is 11.3 Å². The van der Waals surface area contributed by atoms with E-state index in [0.29, 0.717) is 0 Å². The zero-order valence-corrected chi connectivity index (χ0v) is 24.3. The molecule has 0 spiro atoms. The molecule has 39 heavy (non-hydrogen) atoms. The van der Waals surface area contributed by atoms with E-state index in [4.69, 9.17) is 0 Å². The molecule has 0 bridgehead atoms. The van der Waals surface area contributed by atoms with Crippen molar-refractivity contribution in [1.29, 1.82) is 0 Å². The molecule has 2 heteroatoms. The Morgan fingerprint density at radius 2 is 1.21 bits per heavy atom. The number of nitrogens with zero attached hydrogens (tertiary/aromatic N) is 1. The van der Waals surface area contributed by atoms with E-state index < -0.39 is 0 Å². The summed E-state index contributed by atoms with van der Waals surface area (Å²) < 4.78 is 2.76. The molecule has 192 valence electrons. The molecule has 2 aromatic heterocycles. The summed E-state index contributed by atoms with van der Waals surface area (Å²) in [5.74, 6) is 0. The van der Waals surface area contributed by atoms with Crippen LogP contribution in [0.1, 0.15) is 63.8 Å². The van der Waals surface area contributed by atoms with E-state index in [9.17, 15) is 0 Å². The summed E-state index contributed by atoms with van der Waals surface area (Å²) in [4.78, 5) is 4.62. The normalized spacial score (nSPS) is 15.3. The van der Waals surface area contributed by atoms with Crippen LogP contribution in [0.4, 0.5) is 0 Å². The Labute approximate surface area is 235 Å². The van der Waals surface area contributed by atoms with Crippen LogP contribution in [0, 0.1) is 0 Å². The third kappa shape index (κ3) is 3.22. The van der Waals surface area contributed by atoms with E-state index in [-0.39, 0.29) is 10.8 Å². The van der Waals surface area contributed by atoms with Gasteiger partial charge >= 0.3 is 0 Å². The van der Waals surface area contributed by atoms with Crippen molar-refractivity contribution >= 4 is 31.5 Å². The molecule has 8 rings (SSSR count). The minimum Gasteiger partial charge on any atom is -0.256 e. The second kappa shape index (κ2) is 8.37. The highest BCUT2D eigenvalue weighted by atomic mass is 32.1. The Hall–Kier alpha value is -3.75. The van der Waals surface area contributed by atoms with Gasteiger partial charge in [0.1, 0.15) is 0 Å². The highest BCUT2D eigenvalue weighted by Crippen LogP contribution is 2.60. The van der Waals surface area contributed by atoms with Gasteiger partial charge in [-0.25, -0.2) is 0 Å². The highest BCUT2D eigenvalue weighted by molar-refractivity contribution is 7.25. The summed E-state index contributed by atoms with van der Waals surface area (Å²) >= 11 is 1.92. The standard InChI is InChI=1S/C35H27NS.C2H6/c1-34(2)27-17-20(29-10-7-8-16-36-29)12-13-21(27)23-14-15-24-25-18-26-22-9-5-6-11-30(22)37-31(26)19-28(25)35(3,4)33(24)32(23)34;1-2/h5-19H,1-4H3;1-2H3. The van der Waals surface area contributed by atoms with Gasteiger partial charge in [0.2, 0.25) is 0 Å². The molecular weight excluding hydrogens is 490 g/mol. The first-order valence-electron chi connectivity index (χ1n) is 14.1. The number of hydrogen-bond acceptors (Lipinski definition) is 2. The maximum atomic E-state index is 4.62. The third-order valence-electron chi connectivity index (χ3n) is 8.88. The van der Waals surface area contributed by atoms with E-state index >= 15 is 0 Å². The zero-order chi connectivity index (χ0) is 27.1. The van der Waals surface area contributed by atoms with Crippen molar-refractivity contribution in [3.63, 3.8) is 0 Å². The molecule has 0 N–H and O–H groups in total. The molecule has 0 unspecified atom stereocenters. The number of aromatic nitrogens is 1. The van der Waals surface area contributed by atoms with Crippen molar-refractivity contribution in [3.05, 3.63) is 113 Å². The van der Waals surface area contributed by atoms with Crippen molar-refractivity contribution in [1.82, 2.24) is 4.98 Å². The van der Waals surface area contributed by atoms with Crippen molar-refractivity contribution in [3.8, 4) is 33.5 Å². The maximum absolute atomic E-state index is 4.62. The molecule has 0 saturated carbocycles. The summed E-state index contributed by atoms with van der Waals surface area (Å²) in [6.07, 6.45) is 1.88. The fourth-order valence-electron chi connectivity index (χ4n) is 7.12. The van der Waals surface area contributed by atoms with Crippen LogP contribution >= 0.6 is 11.3 Å². The van der Waals surface area contributed by atoms with Gasteiger partial charge in [-0.1, -0.05) is 90.1 Å². The van der Waals surface area contributed by atoms with Gasteiger partial charge in [0, 0.05) is 42.8 Å². The average Bonchev–Trinajstić information content (AvgIpc) is 3.52. The number of hydrogen-bond donors (Lipinski definition) is 0. The van der Waals surface area contributed by atoms with Crippen LogP contribution in [-0.2, 0) is 10.8 Å². The van der Waals surface area contributed by atoms with Crippen molar-refractivity contribution < 1.29 is 0 Å². The van der Waals surface area contributed by atoms with Crippen molar-refractivity contribution in [2.75, 3.05) is 0 Å². The van der Waals surface area contributed by atoms with Gasteiger partial charge < -0.3 is 0 Å². The van der Waals surface area contributed by atoms with E-state index in [2.05, 4.69) is 112 Å². The second-order valence-electron chi connectivity index (χ2n) is 11.6. The largest absolute Gasteiger partial charge is 0.256 e. The van der Waals surface area contributed by atoms with E-state index in [1.165, 1.54) is 70.2 Å². The van der Waals surface area contributed by atoms with Crippen LogP contribution in [-0.4, -0.2) is 4.98 Å². The predicted molar refractivity (Wildman–Crippen MR) is 169 cm³/mol. The van der Waals surface area contributed by atoms with Crippen LogP contribution in [0.3, 0.4) is 0 Å². The molecule has 0 amide bonds. The Morgan fingerprint density at radius 3 is 1.92 bits per heavy atom. The molecule has 2 aliphatic rings. The Bertz CT molecular complexity index is 1920. The smallest absolute Gasteiger partial charge is 0.0702 e. The summed E-state index contributed by atoms with van der Waals surface area (Å²) in [5.41, 5.74) is 13.5. The minimum atomic E-state index is -0.0931. The molecule has 4 aromatic carbocycles. The molecule has 0 aliphatic heterocycles. The van der Waals surface area contributed by atoms with Gasteiger partial charge in [-0.2, -0.15) is 0 Å². The first kappa shape index (κ1) is 24.3. The lowest BCUT2D eigenvalue weighted by Crippen LogP contribution is -2.24. The molecule has 2 heterocycles. The summed E-state index contributed by atoms with van der Waals surface area (Å²) in [7, 11) is 0. The van der Waals surface area contributed by atoms with Gasteiger partial charge in [-0.3, -0.25) is 4.98 Å². The summed E-state index contributed by atoms with van der Waals surface area (Å²) in [6, 6.07) is 31.6. The average molecular weight is 524 g/mol. The first-order chi connectivity index (χ1) is 18.9. The van der Waals surface area contributed by atoms with Crippen LogP contribution in [0.5, 0.6) is 0 Å². The predicted octanol–water partition coefficient (Wildman–Crippen LogP) is 10.8. The van der Waals surface area contributed by atoms with Crippen molar-refractivity contribution in [2.24, 2.45) is 0 Å². The van der Waals surface area contributed by atoms with Gasteiger partial charge in [0.05, 0.1) is 5.69 Å². The number of thiophene rings is 1. The molecule has 0 fully saturated rings. The molecule has 0 radical (unpaired) electrons. The SMILES string of the molecule is CC.CC1(C)c2cc(-c3ccccn3)ccc2-c2ccc3c(c21)C(C)(C)c1cc2sc4ccccc4c2cc1-3. The molecule has 2 aliphatic carbocycles. The van der Waals surface area contributed by atoms with Crippen molar-refractivity contribution in [2.45, 2.75) is 52.4 Å². The number of fused-ring (bicyclic) bond motifs is 10. The van der Waals surface area contributed by atoms with Gasteiger partial charge in [0.15, 0.2) is 0 Å². The maximum Gasteiger partial charge on any atom is 0.0702 e. The topological polar surface area (TPSA) is 12.9 Å². The molecule has 1 nitrogen and oxygen atoms in total. The number of pyridine rings is 1. The molecule has 0 saturated heterocycles. The zero-order valence-electron chi connectivity index (χ0n) is 23.5. The lowest BCUT2D eigenvalue weighted by atomic mass is 9.72. The monoisotopic (exact) mass is 523 g/mol. The highest BCUT2D eigenvalue weighted by Gasteiger charge is 2.46. The number of benzene rings is 4.